The van der Waals surface area contributed by atoms with Crippen molar-refractivity contribution in [3.05, 3.63) is 84.0 Å². The second-order valence-corrected chi connectivity index (χ2v) is 4.47. The lowest BCUT2D eigenvalue weighted by Gasteiger charge is -2.04. The first-order valence-electron chi connectivity index (χ1n) is 6.43. The summed E-state index contributed by atoms with van der Waals surface area (Å²) in [6.07, 6.45) is 7.57. The summed E-state index contributed by atoms with van der Waals surface area (Å²) in [5.74, 6) is 0.352. The van der Waals surface area contributed by atoms with Crippen LogP contribution in [0.4, 0.5) is 0 Å². The fraction of sp³-hybridized carbons (Fsp3) is 0.111. The maximum Gasteiger partial charge on any atom is 0.119 e. The minimum absolute atomic E-state index is 0.352. The lowest BCUT2D eigenvalue weighted by Crippen LogP contribution is -1.87. The van der Waals surface area contributed by atoms with Crippen LogP contribution in [0.25, 0.3) is 6.08 Å². The molecule has 0 saturated carbocycles. The Labute approximate surface area is 114 Å². The fourth-order valence-electron chi connectivity index (χ4n) is 1.98. The predicted molar refractivity (Wildman–Crippen MR) is 81.2 cm³/mol. The van der Waals surface area contributed by atoms with Crippen molar-refractivity contribution in [2.24, 2.45) is 0 Å². The molecular weight excluding hydrogens is 232 g/mol. The van der Waals surface area contributed by atoms with Crippen molar-refractivity contribution in [2.45, 2.75) is 12.8 Å². The van der Waals surface area contributed by atoms with E-state index in [1.54, 1.807) is 6.07 Å². The van der Waals surface area contributed by atoms with E-state index in [4.69, 9.17) is 0 Å². The summed E-state index contributed by atoms with van der Waals surface area (Å²) in [6, 6.07) is 15.9. The Hall–Kier alpha value is -2.28. The Morgan fingerprint density at radius 2 is 1.79 bits per heavy atom. The van der Waals surface area contributed by atoms with Crippen molar-refractivity contribution in [3.63, 3.8) is 0 Å². The van der Waals surface area contributed by atoms with E-state index in [1.165, 1.54) is 11.1 Å². The molecule has 0 bridgehead atoms. The quantitative estimate of drug-likeness (QED) is 0.781. The third kappa shape index (κ3) is 3.85. The van der Waals surface area contributed by atoms with Gasteiger partial charge in [0.2, 0.25) is 0 Å². The average molecular weight is 250 g/mol. The minimum atomic E-state index is 0.352. The van der Waals surface area contributed by atoms with Crippen molar-refractivity contribution in [1.82, 2.24) is 0 Å². The van der Waals surface area contributed by atoms with Crippen LogP contribution in [0.3, 0.4) is 0 Å². The van der Waals surface area contributed by atoms with Crippen molar-refractivity contribution in [2.75, 3.05) is 0 Å². The minimum Gasteiger partial charge on any atom is -0.508 e. The average Bonchev–Trinajstić information content (AvgIpc) is 2.44. The zero-order valence-electron chi connectivity index (χ0n) is 10.9. The number of aromatic hydroxyl groups is 1. The highest BCUT2D eigenvalue weighted by atomic mass is 16.3. The summed E-state index contributed by atoms with van der Waals surface area (Å²) in [5.41, 5.74) is 3.30. The van der Waals surface area contributed by atoms with Gasteiger partial charge in [0, 0.05) is 0 Å². The molecule has 96 valence electrons. The van der Waals surface area contributed by atoms with Crippen LogP contribution < -0.4 is 0 Å². The van der Waals surface area contributed by atoms with Crippen LogP contribution in [0.2, 0.25) is 0 Å². The van der Waals surface area contributed by atoms with Gasteiger partial charge in [0.15, 0.2) is 0 Å². The number of hydrogen-bond donors (Lipinski definition) is 1. The van der Waals surface area contributed by atoms with E-state index < -0.39 is 0 Å². The van der Waals surface area contributed by atoms with Crippen molar-refractivity contribution >= 4 is 6.08 Å². The molecule has 1 N–H and O–H groups in total. The second kappa shape index (κ2) is 6.60. The highest BCUT2D eigenvalue weighted by molar-refractivity contribution is 5.50. The largest absolute Gasteiger partial charge is 0.508 e. The smallest absolute Gasteiger partial charge is 0.119 e. The summed E-state index contributed by atoms with van der Waals surface area (Å²) in [4.78, 5) is 0. The van der Waals surface area contributed by atoms with Crippen molar-refractivity contribution < 1.29 is 5.11 Å². The summed E-state index contributed by atoms with van der Waals surface area (Å²) < 4.78 is 0. The van der Waals surface area contributed by atoms with Crippen LogP contribution >= 0.6 is 0 Å². The van der Waals surface area contributed by atoms with Crippen LogP contribution in [-0.4, -0.2) is 5.11 Å². The van der Waals surface area contributed by atoms with Gasteiger partial charge < -0.3 is 5.11 Å². The van der Waals surface area contributed by atoms with Gasteiger partial charge >= 0.3 is 0 Å². The van der Waals surface area contributed by atoms with Gasteiger partial charge in [0.1, 0.15) is 5.75 Å². The molecule has 0 radical (unpaired) electrons. The molecule has 0 spiro atoms. The molecule has 0 heterocycles. The Balaban J connectivity index is 2.08. The standard InChI is InChI=1S/C18H18O/c1-2-7-16-12-13-18(19)17(14-16)11-6-10-15-8-4-3-5-9-15/h2-6,8-10,12-14,19H,1,7,11H2. The number of hydrogen-bond acceptors (Lipinski definition) is 1. The molecule has 0 amide bonds. The number of phenolic OH excluding ortho intramolecular Hbond substituents is 1. The van der Waals surface area contributed by atoms with E-state index in [0.29, 0.717) is 5.75 Å². The van der Waals surface area contributed by atoms with E-state index in [0.717, 1.165) is 18.4 Å². The van der Waals surface area contributed by atoms with Gasteiger partial charge in [0.25, 0.3) is 0 Å². The van der Waals surface area contributed by atoms with Crippen LogP contribution in [-0.2, 0) is 12.8 Å². The van der Waals surface area contributed by atoms with E-state index in [2.05, 4.69) is 30.9 Å². The topological polar surface area (TPSA) is 20.2 Å². The third-order valence-corrected chi connectivity index (χ3v) is 2.97. The predicted octanol–water partition coefficient (Wildman–Crippen LogP) is 4.38. The molecular formula is C18H18O. The summed E-state index contributed by atoms with van der Waals surface area (Å²) in [5, 5.41) is 9.84. The van der Waals surface area contributed by atoms with E-state index in [9.17, 15) is 5.11 Å². The van der Waals surface area contributed by atoms with Crippen LogP contribution in [0.1, 0.15) is 16.7 Å². The van der Waals surface area contributed by atoms with Gasteiger partial charge in [-0.25, -0.2) is 0 Å². The summed E-state index contributed by atoms with van der Waals surface area (Å²) >= 11 is 0. The van der Waals surface area contributed by atoms with Crippen LogP contribution in [0.5, 0.6) is 5.75 Å². The lowest BCUT2D eigenvalue weighted by atomic mass is 10.0. The Morgan fingerprint density at radius 3 is 2.53 bits per heavy atom. The maximum absolute atomic E-state index is 9.84. The first-order valence-corrected chi connectivity index (χ1v) is 6.43. The van der Waals surface area contributed by atoms with Crippen molar-refractivity contribution in [3.8, 4) is 5.75 Å². The Morgan fingerprint density at radius 1 is 1.00 bits per heavy atom. The SMILES string of the molecule is C=CCc1ccc(O)c(CC=Cc2ccccc2)c1. The van der Waals surface area contributed by atoms with E-state index >= 15 is 0 Å². The fourth-order valence-corrected chi connectivity index (χ4v) is 1.98. The molecule has 0 aliphatic rings. The van der Waals surface area contributed by atoms with Gasteiger partial charge in [0.05, 0.1) is 0 Å². The molecule has 0 aliphatic heterocycles. The molecule has 1 heteroatoms. The molecule has 1 nitrogen and oxygen atoms in total. The van der Waals surface area contributed by atoms with Crippen molar-refractivity contribution in [1.29, 1.82) is 0 Å². The molecule has 0 unspecified atom stereocenters. The molecule has 0 atom stereocenters. The Kier molecular flexibility index (Phi) is 4.57. The molecule has 0 aromatic heterocycles. The molecule has 0 aliphatic carbocycles. The first-order chi connectivity index (χ1) is 9.29. The second-order valence-electron chi connectivity index (χ2n) is 4.47. The zero-order valence-corrected chi connectivity index (χ0v) is 10.9. The monoisotopic (exact) mass is 250 g/mol. The molecule has 0 saturated heterocycles. The summed E-state index contributed by atoms with van der Waals surface area (Å²) in [7, 11) is 0. The van der Waals surface area contributed by atoms with Gasteiger partial charge in [-0.15, -0.1) is 6.58 Å². The van der Waals surface area contributed by atoms with Gasteiger partial charge in [-0.2, -0.15) is 0 Å². The molecule has 2 rings (SSSR count). The molecule has 0 fully saturated rings. The first kappa shape index (κ1) is 13.2. The molecule has 2 aromatic carbocycles. The van der Waals surface area contributed by atoms with Crippen LogP contribution in [0, 0.1) is 0 Å². The highest BCUT2D eigenvalue weighted by Gasteiger charge is 2.00. The Bertz CT molecular complexity index is 567. The lowest BCUT2D eigenvalue weighted by molar-refractivity contribution is 0.469. The molecule has 19 heavy (non-hydrogen) atoms. The van der Waals surface area contributed by atoms with Gasteiger partial charge in [-0.05, 0) is 35.6 Å². The summed E-state index contributed by atoms with van der Waals surface area (Å²) in [6.45, 7) is 3.73. The maximum atomic E-state index is 9.84. The third-order valence-electron chi connectivity index (χ3n) is 2.97. The van der Waals surface area contributed by atoms with E-state index in [1.807, 2.05) is 36.4 Å². The zero-order chi connectivity index (χ0) is 13.5. The highest BCUT2D eigenvalue weighted by Crippen LogP contribution is 2.20. The normalized spacial score (nSPS) is 10.7. The molecule has 2 aromatic rings. The number of phenols is 1. The number of benzene rings is 2. The van der Waals surface area contributed by atoms with Crippen LogP contribution in [0.15, 0.2) is 67.3 Å². The van der Waals surface area contributed by atoms with E-state index in [-0.39, 0.29) is 0 Å². The van der Waals surface area contributed by atoms with Gasteiger partial charge in [-0.1, -0.05) is 60.7 Å². The number of allylic oxidation sites excluding steroid dienone is 2. The van der Waals surface area contributed by atoms with Gasteiger partial charge in [-0.3, -0.25) is 0 Å². The number of rotatable bonds is 5.